The van der Waals surface area contributed by atoms with Crippen LogP contribution >= 0.6 is 0 Å². The second-order valence-corrected chi connectivity index (χ2v) is 13.9. The molecule has 1 rings (SSSR count). The van der Waals surface area contributed by atoms with Gasteiger partial charge >= 0.3 is 11.9 Å². The molecule has 274 valence electrons. The van der Waals surface area contributed by atoms with E-state index in [1.807, 2.05) is 12.2 Å². The van der Waals surface area contributed by atoms with Crippen molar-refractivity contribution in [2.75, 3.05) is 45.9 Å². The minimum atomic E-state index is -0.0511. The number of hydrogen-bond donors (Lipinski definition) is 1. The third-order valence-corrected chi connectivity index (χ3v) is 9.51. The highest BCUT2D eigenvalue weighted by Crippen LogP contribution is 2.23. The minimum absolute atomic E-state index is 0.0511. The Morgan fingerprint density at radius 2 is 1.02 bits per heavy atom. The maximum atomic E-state index is 12.0. The number of ether oxygens (including phenoxy) is 2. The number of nitrogens with one attached hydrogen (secondary N) is 1. The number of carbonyl (C=O) groups excluding carboxylic acids is 2. The number of carbonyl (C=O) groups is 2. The van der Waals surface area contributed by atoms with Crippen LogP contribution in [0.25, 0.3) is 0 Å². The SMILES string of the molecule is CCCCCC/C=C/COC(=O)CCCCCCCC(CCCCCCCC(=O)OC/C=C/CCCCCC)CCN1CCNCC1. The smallest absolute Gasteiger partial charge is 0.306 e. The second kappa shape index (κ2) is 34.2. The van der Waals surface area contributed by atoms with Crippen LogP contribution in [0.15, 0.2) is 24.3 Å². The molecule has 1 heterocycles. The van der Waals surface area contributed by atoms with Crippen LogP contribution in [0, 0.1) is 5.92 Å². The van der Waals surface area contributed by atoms with E-state index < -0.39 is 0 Å². The summed E-state index contributed by atoms with van der Waals surface area (Å²) in [5, 5.41) is 3.47. The molecule has 0 unspecified atom stereocenters. The largest absolute Gasteiger partial charge is 0.461 e. The molecule has 0 atom stereocenters. The minimum Gasteiger partial charge on any atom is -0.461 e. The molecular weight excluding hydrogens is 584 g/mol. The number of unbranched alkanes of at least 4 members (excludes halogenated alkanes) is 16. The summed E-state index contributed by atoms with van der Waals surface area (Å²) in [6.07, 6.45) is 37.4. The van der Waals surface area contributed by atoms with Gasteiger partial charge in [-0.15, -0.1) is 0 Å². The van der Waals surface area contributed by atoms with Gasteiger partial charge in [0.05, 0.1) is 0 Å². The van der Waals surface area contributed by atoms with Crippen molar-refractivity contribution in [2.24, 2.45) is 5.92 Å². The lowest BCUT2D eigenvalue weighted by Gasteiger charge is -2.29. The van der Waals surface area contributed by atoms with E-state index in [1.165, 1.54) is 129 Å². The topological polar surface area (TPSA) is 67.9 Å². The Kier molecular flexibility index (Phi) is 31.6. The van der Waals surface area contributed by atoms with Crippen molar-refractivity contribution in [1.29, 1.82) is 0 Å². The second-order valence-electron chi connectivity index (χ2n) is 13.9. The fourth-order valence-corrected chi connectivity index (χ4v) is 6.37. The Hall–Kier alpha value is -1.66. The predicted octanol–water partition coefficient (Wildman–Crippen LogP) is 10.5. The highest BCUT2D eigenvalue weighted by atomic mass is 16.5. The molecule has 1 N–H and O–H groups in total. The number of rotatable bonds is 33. The summed E-state index contributed by atoms with van der Waals surface area (Å²) in [6.45, 7) is 11.2. The summed E-state index contributed by atoms with van der Waals surface area (Å²) in [4.78, 5) is 26.7. The molecule has 0 aromatic rings. The molecule has 6 heteroatoms. The molecule has 0 aromatic heterocycles. The highest BCUT2D eigenvalue weighted by Gasteiger charge is 2.14. The monoisotopic (exact) mass is 661 g/mol. The number of nitrogens with zero attached hydrogens (tertiary/aromatic N) is 1. The Balaban J connectivity index is 2.11. The quantitative estimate of drug-likeness (QED) is 0.0429. The average molecular weight is 661 g/mol. The number of allylic oxidation sites excluding steroid dienone is 2. The van der Waals surface area contributed by atoms with Crippen LogP contribution in [0.1, 0.15) is 174 Å². The molecule has 0 spiro atoms. The Bertz CT molecular complexity index is 711. The molecule has 47 heavy (non-hydrogen) atoms. The molecule has 0 amide bonds. The maximum Gasteiger partial charge on any atom is 0.306 e. The molecule has 0 saturated carbocycles. The lowest BCUT2D eigenvalue weighted by Crippen LogP contribution is -2.44. The third-order valence-electron chi connectivity index (χ3n) is 9.51. The lowest BCUT2D eigenvalue weighted by molar-refractivity contribution is -0.143. The first-order valence-corrected chi connectivity index (χ1v) is 20.2. The molecule has 6 nitrogen and oxygen atoms in total. The van der Waals surface area contributed by atoms with Crippen LogP contribution in [0.3, 0.4) is 0 Å². The van der Waals surface area contributed by atoms with Crippen molar-refractivity contribution in [3.63, 3.8) is 0 Å². The van der Waals surface area contributed by atoms with Gasteiger partial charge in [0.25, 0.3) is 0 Å². The van der Waals surface area contributed by atoms with E-state index in [2.05, 4.69) is 36.2 Å². The fourth-order valence-electron chi connectivity index (χ4n) is 6.37. The van der Waals surface area contributed by atoms with Gasteiger partial charge in [0, 0.05) is 39.0 Å². The zero-order valence-electron chi connectivity index (χ0n) is 31.1. The summed E-state index contributed by atoms with van der Waals surface area (Å²) < 4.78 is 10.7. The lowest BCUT2D eigenvalue weighted by atomic mass is 9.91. The maximum absolute atomic E-state index is 12.0. The highest BCUT2D eigenvalue weighted by molar-refractivity contribution is 5.69. The first kappa shape index (κ1) is 43.4. The zero-order chi connectivity index (χ0) is 33.9. The standard InChI is InChI=1S/C41H76N2O4/c1-3-5-7-9-11-19-25-37-46-40(44)29-23-17-13-15-21-27-39(31-34-43-35-32-42-33-36-43)28-22-16-14-18-24-30-41(45)47-38-26-20-12-10-8-6-4-2/h19-20,25-26,39,42H,3-18,21-24,27-38H2,1-2H3/b25-19+,26-20+. The first-order chi connectivity index (χ1) is 23.2. The van der Waals surface area contributed by atoms with E-state index >= 15 is 0 Å². The summed E-state index contributed by atoms with van der Waals surface area (Å²) in [7, 11) is 0. The number of piperazine rings is 1. The molecule has 1 aliphatic heterocycles. The van der Waals surface area contributed by atoms with Crippen molar-refractivity contribution in [2.45, 2.75) is 174 Å². The Morgan fingerprint density at radius 1 is 0.574 bits per heavy atom. The summed E-state index contributed by atoms with van der Waals surface area (Å²) in [5.41, 5.74) is 0. The van der Waals surface area contributed by atoms with Gasteiger partial charge in [-0.05, 0) is 57.4 Å². The van der Waals surface area contributed by atoms with Gasteiger partial charge in [-0.2, -0.15) is 0 Å². The van der Waals surface area contributed by atoms with Crippen molar-refractivity contribution in [3.05, 3.63) is 24.3 Å². The Morgan fingerprint density at radius 3 is 1.51 bits per heavy atom. The van der Waals surface area contributed by atoms with Crippen molar-refractivity contribution < 1.29 is 19.1 Å². The van der Waals surface area contributed by atoms with Crippen LogP contribution < -0.4 is 5.32 Å². The molecule has 0 aromatic carbocycles. The average Bonchev–Trinajstić information content (AvgIpc) is 3.08. The number of esters is 2. The molecule has 0 bridgehead atoms. The number of hydrogen-bond acceptors (Lipinski definition) is 6. The molecule has 0 aliphatic carbocycles. The Labute approximate surface area is 291 Å². The molecule has 1 saturated heterocycles. The van der Waals surface area contributed by atoms with Crippen LogP contribution in [-0.4, -0.2) is 62.8 Å². The van der Waals surface area contributed by atoms with Gasteiger partial charge in [0.1, 0.15) is 13.2 Å². The third kappa shape index (κ3) is 30.2. The zero-order valence-corrected chi connectivity index (χ0v) is 31.1. The van der Waals surface area contributed by atoms with E-state index in [-0.39, 0.29) is 11.9 Å². The molecule has 1 aliphatic rings. The summed E-state index contributed by atoms with van der Waals surface area (Å²) in [5.74, 6) is 0.712. The van der Waals surface area contributed by atoms with Gasteiger partial charge < -0.3 is 19.7 Å². The first-order valence-electron chi connectivity index (χ1n) is 20.2. The van der Waals surface area contributed by atoms with Gasteiger partial charge in [-0.1, -0.05) is 141 Å². The predicted molar refractivity (Wildman–Crippen MR) is 200 cm³/mol. The molecule has 0 radical (unpaired) electrons. The van der Waals surface area contributed by atoms with E-state index in [0.717, 1.165) is 57.5 Å². The van der Waals surface area contributed by atoms with E-state index in [1.54, 1.807) is 0 Å². The van der Waals surface area contributed by atoms with Crippen LogP contribution in [0.4, 0.5) is 0 Å². The normalized spacial score (nSPS) is 14.1. The molecular formula is C41H76N2O4. The summed E-state index contributed by atoms with van der Waals surface area (Å²) in [6, 6.07) is 0. The van der Waals surface area contributed by atoms with Gasteiger partial charge in [0.15, 0.2) is 0 Å². The van der Waals surface area contributed by atoms with Gasteiger partial charge in [-0.3, -0.25) is 9.59 Å². The fraction of sp³-hybridized carbons (Fsp3) is 0.854. The van der Waals surface area contributed by atoms with Crippen LogP contribution in [0.5, 0.6) is 0 Å². The van der Waals surface area contributed by atoms with E-state index in [4.69, 9.17) is 9.47 Å². The molecule has 1 fully saturated rings. The van der Waals surface area contributed by atoms with Gasteiger partial charge in [0.2, 0.25) is 0 Å². The van der Waals surface area contributed by atoms with Crippen molar-refractivity contribution in [1.82, 2.24) is 10.2 Å². The van der Waals surface area contributed by atoms with Crippen molar-refractivity contribution >= 4 is 11.9 Å². The summed E-state index contributed by atoms with van der Waals surface area (Å²) >= 11 is 0. The van der Waals surface area contributed by atoms with Crippen molar-refractivity contribution in [3.8, 4) is 0 Å². The van der Waals surface area contributed by atoms with Crippen LogP contribution in [-0.2, 0) is 19.1 Å². The van der Waals surface area contributed by atoms with E-state index in [9.17, 15) is 9.59 Å². The van der Waals surface area contributed by atoms with E-state index in [0.29, 0.717) is 26.1 Å². The van der Waals surface area contributed by atoms with Crippen LogP contribution in [0.2, 0.25) is 0 Å². The van der Waals surface area contributed by atoms with Gasteiger partial charge in [-0.25, -0.2) is 0 Å².